The lowest BCUT2D eigenvalue weighted by molar-refractivity contribution is -0.147. The first-order valence-electron chi connectivity index (χ1n) is 6.05. The van der Waals surface area contributed by atoms with Crippen LogP contribution in [-0.2, 0) is 16.0 Å². The van der Waals surface area contributed by atoms with Crippen LogP contribution < -0.4 is 0 Å². The molecule has 1 unspecified atom stereocenters. The van der Waals surface area contributed by atoms with Crippen LogP contribution in [-0.4, -0.2) is 28.4 Å². The number of amides is 1. The van der Waals surface area contributed by atoms with Gasteiger partial charge in [-0.2, -0.15) is 0 Å². The molecule has 0 saturated heterocycles. The second kappa shape index (κ2) is 6.19. The number of carbonyl (C=O) groups excluding carboxylic acids is 1. The third kappa shape index (κ3) is 3.09. The van der Waals surface area contributed by atoms with Crippen molar-refractivity contribution in [3.8, 4) is 0 Å². The number of carbonyl (C=O) groups is 2. The summed E-state index contributed by atoms with van der Waals surface area (Å²) in [6.45, 7) is 5.63. The minimum Gasteiger partial charge on any atom is -0.479 e. The van der Waals surface area contributed by atoms with E-state index in [4.69, 9.17) is 0 Å². The predicted octanol–water partition coefficient (Wildman–Crippen LogP) is 2.24. The molecule has 0 saturated carbocycles. The zero-order chi connectivity index (χ0) is 13.7. The van der Waals surface area contributed by atoms with E-state index in [2.05, 4.69) is 0 Å². The van der Waals surface area contributed by atoms with Crippen LogP contribution in [0.15, 0.2) is 24.3 Å². The summed E-state index contributed by atoms with van der Waals surface area (Å²) in [7, 11) is 0. The van der Waals surface area contributed by atoms with Gasteiger partial charge in [0, 0.05) is 6.04 Å². The van der Waals surface area contributed by atoms with Crippen molar-refractivity contribution in [1.82, 2.24) is 4.90 Å². The van der Waals surface area contributed by atoms with Crippen LogP contribution in [0.1, 0.15) is 37.9 Å². The molecule has 18 heavy (non-hydrogen) atoms. The number of carboxylic acid groups (broad SMARTS) is 1. The summed E-state index contributed by atoms with van der Waals surface area (Å²) < 4.78 is 0. The van der Waals surface area contributed by atoms with E-state index < -0.39 is 12.0 Å². The van der Waals surface area contributed by atoms with E-state index in [1.165, 1.54) is 4.90 Å². The molecule has 0 bridgehead atoms. The van der Waals surface area contributed by atoms with Gasteiger partial charge in [-0.1, -0.05) is 31.2 Å². The molecule has 1 aromatic carbocycles. The molecule has 1 amide bonds. The Hall–Kier alpha value is -1.84. The van der Waals surface area contributed by atoms with E-state index in [1.807, 2.05) is 19.1 Å². The summed E-state index contributed by atoms with van der Waals surface area (Å²) in [5.41, 5.74) is 1.77. The minimum absolute atomic E-state index is 0.158. The maximum Gasteiger partial charge on any atom is 0.331 e. The van der Waals surface area contributed by atoms with Gasteiger partial charge < -0.3 is 10.0 Å². The molecule has 0 radical (unpaired) electrons. The summed E-state index contributed by atoms with van der Waals surface area (Å²) in [6.07, 6.45) is 1.50. The van der Waals surface area contributed by atoms with E-state index >= 15 is 0 Å². The lowest BCUT2D eigenvalue weighted by Gasteiger charge is -2.28. The van der Waals surface area contributed by atoms with Gasteiger partial charge in [0.1, 0.15) is 0 Å². The number of nitrogens with zero attached hydrogens (tertiary/aromatic N) is 1. The van der Waals surface area contributed by atoms with Gasteiger partial charge in [0.05, 0.1) is 0 Å². The maximum absolute atomic E-state index is 11.4. The largest absolute Gasteiger partial charge is 0.479 e. The van der Waals surface area contributed by atoms with E-state index in [1.54, 1.807) is 26.0 Å². The lowest BCUT2D eigenvalue weighted by Crippen LogP contribution is -2.38. The normalized spacial score (nSPS) is 12.2. The number of rotatable bonds is 6. The van der Waals surface area contributed by atoms with Crippen LogP contribution in [0.4, 0.5) is 0 Å². The third-order valence-electron chi connectivity index (χ3n) is 2.95. The monoisotopic (exact) mass is 249 g/mol. The highest BCUT2D eigenvalue weighted by molar-refractivity contribution is 5.78. The Bertz CT molecular complexity index is 412. The highest BCUT2D eigenvalue weighted by Crippen LogP contribution is 2.22. The van der Waals surface area contributed by atoms with Crippen LogP contribution >= 0.6 is 0 Å². The fourth-order valence-electron chi connectivity index (χ4n) is 1.86. The average Bonchev–Trinajstić information content (AvgIpc) is 2.35. The summed E-state index contributed by atoms with van der Waals surface area (Å²) in [5, 5.41) is 9.30. The minimum atomic E-state index is -1.01. The molecule has 98 valence electrons. The van der Waals surface area contributed by atoms with E-state index in [0.717, 1.165) is 12.0 Å². The van der Waals surface area contributed by atoms with E-state index in [9.17, 15) is 14.7 Å². The number of carboxylic acids is 1. The molecule has 1 aromatic rings. The van der Waals surface area contributed by atoms with Crippen LogP contribution in [0.3, 0.4) is 0 Å². The summed E-state index contributed by atoms with van der Waals surface area (Å²) in [4.78, 5) is 23.7. The highest BCUT2D eigenvalue weighted by atomic mass is 16.4. The molecular formula is C14H19NO3. The first-order valence-corrected chi connectivity index (χ1v) is 6.05. The molecule has 1 N–H and O–H groups in total. The molecule has 0 aliphatic heterocycles. The molecular weight excluding hydrogens is 230 g/mol. The predicted molar refractivity (Wildman–Crippen MR) is 69.2 cm³/mol. The molecule has 4 nitrogen and oxygen atoms in total. The highest BCUT2D eigenvalue weighted by Gasteiger charge is 2.28. The average molecular weight is 249 g/mol. The number of hydrogen-bond donors (Lipinski definition) is 1. The summed E-state index contributed by atoms with van der Waals surface area (Å²) in [6, 6.07) is 6.26. The number of hydrogen-bond acceptors (Lipinski definition) is 2. The zero-order valence-electron chi connectivity index (χ0n) is 11.0. The van der Waals surface area contributed by atoms with Gasteiger partial charge in [-0.05, 0) is 31.4 Å². The molecule has 0 heterocycles. The fraction of sp³-hybridized carbons (Fsp3) is 0.429. The molecule has 1 atom stereocenters. The Morgan fingerprint density at radius 1 is 1.33 bits per heavy atom. The Morgan fingerprint density at radius 3 is 2.22 bits per heavy atom. The van der Waals surface area contributed by atoms with Crippen LogP contribution in [0.5, 0.6) is 0 Å². The van der Waals surface area contributed by atoms with Crippen molar-refractivity contribution in [2.75, 3.05) is 0 Å². The van der Waals surface area contributed by atoms with Crippen molar-refractivity contribution in [3.63, 3.8) is 0 Å². The Kier molecular flexibility index (Phi) is 4.89. The molecule has 0 aromatic heterocycles. The van der Waals surface area contributed by atoms with Gasteiger partial charge in [0.2, 0.25) is 6.41 Å². The van der Waals surface area contributed by atoms with Gasteiger partial charge in [-0.3, -0.25) is 4.79 Å². The van der Waals surface area contributed by atoms with Crippen molar-refractivity contribution in [2.45, 2.75) is 39.3 Å². The summed E-state index contributed by atoms with van der Waals surface area (Å²) >= 11 is 0. The number of aliphatic carboxylic acids is 1. The number of aryl methyl sites for hydroxylation is 1. The van der Waals surface area contributed by atoms with Gasteiger partial charge in [-0.25, -0.2) is 4.79 Å². The van der Waals surface area contributed by atoms with Crippen molar-refractivity contribution in [3.05, 3.63) is 35.4 Å². The SMILES string of the molecule is CCc1ccc(C(C(=O)O)N(C=O)C(C)C)cc1. The van der Waals surface area contributed by atoms with E-state index in [-0.39, 0.29) is 6.04 Å². The lowest BCUT2D eigenvalue weighted by atomic mass is 10.0. The Labute approximate surface area is 107 Å². The molecule has 0 spiro atoms. The standard InChI is InChI=1S/C14H19NO3/c1-4-11-5-7-12(8-6-11)13(14(17)18)15(9-16)10(2)3/h5-10,13H,4H2,1-3H3,(H,17,18). The topological polar surface area (TPSA) is 57.6 Å². The Balaban J connectivity index is 3.10. The van der Waals surface area contributed by atoms with Crippen LogP contribution in [0, 0.1) is 0 Å². The second-order valence-corrected chi connectivity index (χ2v) is 4.48. The molecule has 4 heteroatoms. The van der Waals surface area contributed by atoms with Crippen molar-refractivity contribution >= 4 is 12.4 Å². The van der Waals surface area contributed by atoms with Crippen molar-refractivity contribution in [2.24, 2.45) is 0 Å². The number of benzene rings is 1. The molecule has 0 aliphatic rings. The molecule has 1 rings (SSSR count). The summed E-state index contributed by atoms with van der Waals surface area (Å²) in [5.74, 6) is -1.01. The molecule has 0 fully saturated rings. The van der Waals surface area contributed by atoms with Crippen molar-refractivity contribution < 1.29 is 14.7 Å². The fourth-order valence-corrected chi connectivity index (χ4v) is 1.86. The second-order valence-electron chi connectivity index (χ2n) is 4.48. The first kappa shape index (κ1) is 14.2. The van der Waals surface area contributed by atoms with Crippen LogP contribution in [0.2, 0.25) is 0 Å². The zero-order valence-corrected chi connectivity index (χ0v) is 11.0. The smallest absolute Gasteiger partial charge is 0.331 e. The maximum atomic E-state index is 11.4. The van der Waals surface area contributed by atoms with E-state index in [0.29, 0.717) is 12.0 Å². The van der Waals surface area contributed by atoms with Gasteiger partial charge in [0.15, 0.2) is 6.04 Å². The van der Waals surface area contributed by atoms with Crippen molar-refractivity contribution in [1.29, 1.82) is 0 Å². The first-order chi connectivity index (χ1) is 8.51. The van der Waals surface area contributed by atoms with Gasteiger partial charge in [-0.15, -0.1) is 0 Å². The van der Waals surface area contributed by atoms with Crippen LogP contribution in [0.25, 0.3) is 0 Å². The quantitative estimate of drug-likeness (QED) is 0.787. The Morgan fingerprint density at radius 2 is 1.89 bits per heavy atom. The molecule has 0 aliphatic carbocycles. The van der Waals surface area contributed by atoms with Gasteiger partial charge in [0.25, 0.3) is 0 Å². The van der Waals surface area contributed by atoms with Gasteiger partial charge >= 0.3 is 5.97 Å². The third-order valence-corrected chi connectivity index (χ3v) is 2.95.